The molecule has 1 aliphatic heterocycles. The van der Waals surface area contributed by atoms with Crippen molar-refractivity contribution < 1.29 is 9.59 Å². The van der Waals surface area contributed by atoms with E-state index in [2.05, 4.69) is 5.32 Å². The van der Waals surface area contributed by atoms with Crippen molar-refractivity contribution in [3.05, 3.63) is 0 Å². The average Bonchev–Trinajstić information content (AvgIpc) is 2.11. The van der Waals surface area contributed by atoms with Gasteiger partial charge in [-0.1, -0.05) is 0 Å². The number of piperidine rings is 1. The molecule has 74 valence electrons. The Morgan fingerprint density at radius 1 is 1.69 bits per heavy atom. The van der Waals surface area contributed by atoms with E-state index < -0.39 is 6.03 Å². The highest BCUT2D eigenvalue weighted by atomic mass is 16.2. The summed E-state index contributed by atoms with van der Waals surface area (Å²) in [4.78, 5) is 23.5. The Morgan fingerprint density at radius 2 is 2.38 bits per heavy atom. The first-order valence-corrected chi connectivity index (χ1v) is 4.14. The molecule has 0 aromatic rings. The van der Waals surface area contributed by atoms with Crippen molar-refractivity contribution >= 4 is 11.9 Å². The monoisotopic (exact) mass is 186 g/mol. The highest BCUT2D eigenvalue weighted by molar-refractivity contribution is 5.78. The zero-order valence-electron chi connectivity index (χ0n) is 7.54. The van der Waals surface area contributed by atoms with Crippen molar-refractivity contribution in [1.29, 1.82) is 0 Å². The van der Waals surface area contributed by atoms with E-state index in [1.165, 1.54) is 0 Å². The summed E-state index contributed by atoms with van der Waals surface area (Å²) in [6.45, 7) is 0.548. The second-order valence-corrected chi connectivity index (χ2v) is 3.13. The number of hydrogen-bond acceptors (Lipinski definition) is 3. The zero-order chi connectivity index (χ0) is 9.84. The number of hydrogen-bond donors (Lipinski definition) is 3. The summed E-state index contributed by atoms with van der Waals surface area (Å²) in [5, 5.41) is 2.65. The summed E-state index contributed by atoms with van der Waals surface area (Å²) in [6, 6.07) is -0.404. The van der Waals surface area contributed by atoms with Crippen LogP contribution < -0.4 is 16.6 Å². The molecule has 6 nitrogen and oxygen atoms in total. The second-order valence-electron chi connectivity index (χ2n) is 3.13. The number of hydrazine groups is 1. The van der Waals surface area contributed by atoms with Crippen LogP contribution in [0.2, 0.25) is 0 Å². The first kappa shape index (κ1) is 9.79. The fourth-order valence-corrected chi connectivity index (χ4v) is 1.36. The van der Waals surface area contributed by atoms with Crippen molar-refractivity contribution in [1.82, 2.24) is 15.6 Å². The van der Waals surface area contributed by atoms with Crippen LogP contribution in [0.3, 0.4) is 0 Å². The molecule has 1 aliphatic rings. The lowest BCUT2D eigenvalue weighted by Gasteiger charge is -2.29. The van der Waals surface area contributed by atoms with Gasteiger partial charge < -0.3 is 10.2 Å². The summed E-state index contributed by atoms with van der Waals surface area (Å²) in [7, 11) is 1.72. The molecule has 0 aromatic carbocycles. The zero-order valence-corrected chi connectivity index (χ0v) is 7.54. The lowest BCUT2D eigenvalue weighted by molar-refractivity contribution is -0.132. The van der Waals surface area contributed by atoms with Crippen molar-refractivity contribution in [3.63, 3.8) is 0 Å². The van der Waals surface area contributed by atoms with Crippen LogP contribution in [0.15, 0.2) is 0 Å². The topological polar surface area (TPSA) is 87.5 Å². The molecule has 3 amide bonds. The van der Waals surface area contributed by atoms with Crippen molar-refractivity contribution in [3.8, 4) is 0 Å². The molecule has 1 fully saturated rings. The highest BCUT2D eigenvalue weighted by Crippen LogP contribution is 2.08. The number of nitrogens with one attached hydrogen (secondary N) is 2. The van der Waals surface area contributed by atoms with E-state index in [9.17, 15) is 9.59 Å². The maximum Gasteiger partial charge on any atom is 0.329 e. The fourth-order valence-electron chi connectivity index (χ4n) is 1.36. The Morgan fingerprint density at radius 3 is 2.92 bits per heavy atom. The molecule has 1 rings (SSSR count). The van der Waals surface area contributed by atoms with Crippen LogP contribution in [0.1, 0.15) is 12.8 Å². The third-order valence-electron chi connectivity index (χ3n) is 2.09. The van der Waals surface area contributed by atoms with Gasteiger partial charge in [-0.15, -0.1) is 0 Å². The fraction of sp³-hybridized carbons (Fsp3) is 0.714. The Kier molecular flexibility index (Phi) is 3.07. The lowest BCUT2D eigenvalue weighted by atomic mass is 10.1. The number of nitrogens with zero attached hydrogens (tertiary/aromatic N) is 1. The standard InChI is InChI=1S/C7H14N4O2/c1-11-4-5(2-3-6(11)12)9-7(13)10-8/h5H,2-4,8H2,1H3,(H2,9,10,13). The van der Waals surface area contributed by atoms with Gasteiger partial charge in [0.2, 0.25) is 5.91 Å². The Bertz CT molecular complexity index is 219. The number of rotatable bonds is 1. The first-order valence-electron chi connectivity index (χ1n) is 4.14. The molecule has 1 atom stereocenters. The van der Waals surface area contributed by atoms with Gasteiger partial charge in [-0.05, 0) is 6.42 Å². The smallest absolute Gasteiger partial charge is 0.329 e. The summed E-state index contributed by atoms with van der Waals surface area (Å²) in [6.07, 6.45) is 1.16. The van der Waals surface area contributed by atoms with Crippen molar-refractivity contribution in [2.45, 2.75) is 18.9 Å². The van der Waals surface area contributed by atoms with Crippen LogP contribution in [-0.2, 0) is 4.79 Å². The minimum Gasteiger partial charge on any atom is -0.344 e. The molecule has 0 bridgehead atoms. The number of amides is 3. The average molecular weight is 186 g/mol. The molecule has 0 aromatic heterocycles. The third-order valence-corrected chi connectivity index (χ3v) is 2.09. The second kappa shape index (κ2) is 4.08. The molecular formula is C7H14N4O2. The molecular weight excluding hydrogens is 172 g/mol. The van der Waals surface area contributed by atoms with Gasteiger partial charge in [-0.2, -0.15) is 0 Å². The van der Waals surface area contributed by atoms with Crippen molar-refractivity contribution in [2.24, 2.45) is 5.84 Å². The van der Waals surface area contributed by atoms with Gasteiger partial charge in [-0.3, -0.25) is 10.2 Å². The Hall–Kier alpha value is -1.30. The normalized spacial score (nSPS) is 22.8. The van der Waals surface area contributed by atoms with Crippen molar-refractivity contribution in [2.75, 3.05) is 13.6 Å². The van der Waals surface area contributed by atoms with Gasteiger partial charge >= 0.3 is 6.03 Å². The maximum atomic E-state index is 11.1. The quantitative estimate of drug-likeness (QED) is 0.272. The van der Waals surface area contributed by atoms with E-state index in [0.717, 1.165) is 0 Å². The first-order chi connectivity index (χ1) is 6.13. The minimum atomic E-state index is -0.409. The van der Waals surface area contributed by atoms with Gasteiger partial charge in [0.05, 0.1) is 0 Å². The van der Waals surface area contributed by atoms with Crippen LogP contribution >= 0.6 is 0 Å². The molecule has 6 heteroatoms. The van der Waals surface area contributed by atoms with Crippen LogP contribution in [0.25, 0.3) is 0 Å². The third kappa shape index (κ3) is 2.59. The summed E-state index contributed by atoms with van der Waals surface area (Å²) in [5.41, 5.74) is 1.98. The predicted octanol–water partition coefficient (Wildman–Crippen LogP) is -1.22. The molecule has 13 heavy (non-hydrogen) atoms. The molecule has 0 saturated carbocycles. The maximum absolute atomic E-state index is 11.1. The van der Waals surface area contributed by atoms with Crippen LogP contribution in [0.5, 0.6) is 0 Å². The van der Waals surface area contributed by atoms with Crippen LogP contribution in [-0.4, -0.2) is 36.5 Å². The number of likely N-dealkylation sites (N-methyl/N-ethyl adjacent to an activating group) is 1. The summed E-state index contributed by atoms with van der Waals surface area (Å²) in [5.74, 6) is 5.03. The molecule has 0 spiro atoms. The van der Waals surface area contributed by atoms with E-state index in [4.69, 9.17) is 5.84 Å². The lowest BCUT2D eigenvalue weighted by Crippen LogP contribution is -2.52. The van der Waals surface area contributed by atoms with Gasteiger partial charge in [0.1, 0.15) is 0 Å². The van der Waals surface area contributed by atoms with Crippen LogP contribution in [0.4, 0.5) is 4.79 Å². The highest BCUT2D eigenvalue weighted by Gasteiger charge is 2.23. The summed E-state index contributed by atoms with van der Waals surface area (Å²) >= 11 is 0. The van der Waals surface area contributed by atoms with E-state index in [1.54, 1.807) is 11.9 Å². The number of urea groups is 1. The predicted molar refractivity (Wildman–Crippen MR) is 46.5 cm³/mol. The Balaban J connectivity index is 2.37. The van der Waals surface area contributed by atoms with Gasteiger partial charge in [0.15, 0.2) is 0 Å². The summed E-state index contributed by atoms with van der Waals surface area (Å²) < 4.78 is 0. The molecule has 1 heterocycles. The minimum absolute atomic E-state index is 0.00579. The van der Waals surface area contributed by atoms with E-state index in [-0.39, 0.29) is 11.9 Å². The van der Waals surface area contributed by atoms with Gasteiger partial charge in [0.25, 0.3) is 0 Å². The van der Waals surface area contributed by atoms with E-state index in [0.29, 0.717) is 19.4 Å². The SMILES string of the molecule is CN1CC(NC(=O)NN)CCC1=O. The largest absolute Gasteiger partial charge is 0.344 e. The molecule has 0 aliphatic carbocycles. The van der Waals surface area contributed by atoms with Gasteiger partial charge in [0, 0.05) is 26.1 Å². The molecule has 0 radical (unpaired) electrons. The Labute approximate surface area is 76.4 Å². The van der Waals surface area contributed by atoms with E-state index in [1.807, 2.05) is 5.43 Å². The van der Waals surface area contributed by atoms with Crippen LogP contribution in [0, 0.1) is 0 Å². The number of carbonyl (C=O) groups excluding carboxylic acids is 2. The van der Waals surface area contributed by atoms with E-state index >= 15 is 0 Å². The molecule has 4 N–H and O–H groups in total. The van der Waals surface area contributed by atoms with Gasteiger partial charge in [-0.25, -0.2) is 10.6 Å². The number of likely N-dealkylation sites (tertiary alicyclic amines) is 1. The molecule has 1 saturated heterocycles. The molecule has 1 unspecified atom stereocenters. The number of nitrogens with two attached hydrogens (primary N) is 1. The number of carbonyl (C=O) groups is 2.